The van der Waals surface area contributed by atoms with Crippen molar-refractivity contribution in [2.24, 2.45) is 7.05 Å². The van der Waals surface area contributed by atoms with Gasteiger partial charge in [0, 0.05) is 25.4 Å². The van der Waals surface area contributed by atoms with Gasteiger partial charge >= 0.3 is 0 Å². The molecule has 0 N–H and O–H groups in total. The highest BCUT2D eigenvalue weighted by Gasteiger charge is 2.15. The Labute approximate surface area is 119 Å². The van der Waals surface area contributed by atoms with E-state index in [2.05, 4.69) is 0 Å². The molecule has 0 atom stereocenters. The molecule has 2 aromatic rings. The predicted octanol–water partition coefficient (Wildman–Crippen LogP) is 3.72. The van der Waals surface area contributed by atoms with Gasteiger partial charge in [-0.3, -0.25) is 0 Å². The van der Waals surface area contributed by atoms with Crippen LogP contribution in [0.2, 0.25) is 0 Å². The maximum Gasteiger partial charge on any atom is 0.212 e. The molecular formula is C17H22N+. The van der Waals surface area contributed by atoms with Crippen LogP contribution < -0.4 is 4.57 Å². The molecule has 0 spiro atoms. The summed E-state index contributed by atoms with van der Waals surface area (Å²) < 4.78 is 47.5. The van der Waals surface area contributed by atoms with Crippen LogP contribution in [0.5, 0.6) is 0 Å². The summed E-state index contributed by atoms with van der Waals surface area (Å²) in [7, 11) is 1.80. The third kappa shape index (κ3) is 2.17. The standard InChI is InChI=1S/C17H22N/c1-11-7-14(4)16(8-12(11)2)17-9-13(3)15(5)10-18(17)6/h7-10H,1-6H3/q+1/i1D3,5D3. The van der Waals surface area contributed by atoms with Crippen LogP contribution in [0.25, 0.3) is 11.3 Å². The summed E-state index contributed by atoms with van der Waals surface area (Å²) in [5.41, 5.74) is 4.68. The number of rotatable bonds is 1. The zero-order valence-corrected chi connectivity index (χ0v) is 11.3. The van der Waals surface area contributed by atoms with Gasteiger partial charge in [-0.2, -0.15) is 0 Å². The lowest BCUT2D eigenvalue weighted by Gasteiger charge is -2.10. The Morgan fingerprint density at radius 2 is 1.50 bits per heavy atom. The van der Waals surface area contributed by atoms with Crippen molar-refractivity contribution in [2.45, 2.75) is 34.5 Å². The molecule has 18 heavy (non-hydrogen) atoms. The van der Waals surface area contributed by atoms with Gasteiger partial charge in [0.25, 0.3) is 0 Å². The van der Waals surface area contributed by atoms with E-state index in [9.17, 15) is 0 Å². The van der Waals surface area contributed by atoms with Gasteiger partial charge in [0.2, 0.25) is 5.69 Å². The van der Waals surface area contributed by atoms with E-state index in [4.69, 9.17) is 8.22 Å². The van der Waals surface area contributed by atoms with Gasteiger partial charge in [0.1, 0.15) is 7.05 Å². The Morgan fingerprint density at radius 1 is 0.833 bits per heavy atom. The number of pyridine rings is 1. The number of nitrogens with zero attached hydrogens (tertiary/aromatic N) is 1. The number of hydrogen-bond acceptors (Lipinski definition) is 0. The number of hydrogen-bond donors (Lipinski definition) is 0. The first-order chi connectivity index (χ1) is 10.8. The van der Waals surface area contributed by atoms with E-state index in [-0.39, 0.29) is 0 Å². The highest BCUT2D eigenvalue weighted by atomic mass is 14.9. The van der Waals surface area contributed by atoms with Crippen LogP contribution in [0.1, 0.15) is 36.0 Å². The molecule has 0 unspecified atom stereocenters. The summed E-state index contributed by atoms with van der Waals surface area (Å²) in [6.07, 6.45) is 1.63. The molecular weight excluding hydrogens is 218 g/mol. The molecule has 1 aromatic carbocycles. The van der Waals surface area contributed by atoms with E-state index in [1.807, 2.05) is 19.1 Å². The second kappa shape index (κ2) is 4.56. The average Bonchev–Trinajstić information content (AvgIpc) is 2.41. The normalized spacial score (nSPS) is 17.1. The van der Waals surface area contributed by atoms with E-state index in [1.54, 1.807) is 37.7 Å². The van der Waals surface area contributed by atoms with Crippen molar-refractivity contribution in [1.82, 2.24) is 0 Å². The fourth-order valence-electron chi connectivity index (χ4n) is 2.11. The minimum Gasteiger partial charge on any atom is -0.201 e. The van der Waals surface area contributed by atoms with Crippen LogP contribution in [-0.2, 0) is 7.05 Å². The van der Waals surface area contributed by atoms with Crippen molar-refractivity contribution in [3.8, 4) is 11.3 Å². The van der Waals surface area contributed by atoms with Gasteiger partial charge in [-0.05, 0) is 62.8 Å². The smallest absolute Gasteiger partial charge is 0.201 e. The van der Waals surface area contributed by atoms with Crippen LogP contribution >= 0.6 is 0 Å². The molecule has 1 nitrogen and oxygen atoms in total. The molecule has 0 saturated heterocycles. The fraction of sp³-hybridized carbons (Fsp3) is 0.353. The minimum absolute atomic E-state index is 0.322. The fourth-order valence-corrected chi connectivity index (χ4v) is 2.11. The zero-order chi connectivity index (χ0) is 18.4. The second-order valence-corrected chi connectivity index (χ2v) is 4.85. The van der Waals surface area contributed by atoms with Gasteiger partial charge in [0.15, 0.2) is 6.20 Å². The summed E-state index contributed by atoms with van der Waals surface area (Å²) in [5.74, 6) is 0. The zero-order valence-electron chi connectivity index (χ0n) is 17.3. The molecule has 0 aliphatic rings. The quantitative estimate of drug-likeness (QED) is 0.675. The lowest BCUT2D eigenvalue weighted by atomic mass is 9.97. The number of benzene rings is 1. The highest BCUT2D eigenvalue weighted by molar-refractivity contribution is 5.63. The summed E-state index contributed by atoms with van der Waals surface area (Å²) in [5, 5.41) is 0. The Kier molecular flexibility index (Phi) is 1.80. The molecule has 1 aromatic heterocycles. The van der Waals surface area contributed by atoms with Gasteiger partial charge in [0.05, 0.1) is 0 Å². The van der Waals surface area contributed by atoms with E-state index in [0.717, 1.165) is 16.8 Å². The highest BCUT2D eigenvalue weighted by Crippen LogP contribution is 2.25. The van der Waals surface area contributed by atoms with Crippen LogP contribution in [0, 0.1) is 34.5 Å². The maximum absolute atomic E-state index is 7.62. The number of aryl methyl sites for hydroxylation is 6. The summed E-state index contributed by atoms with van der Waals surface area (Å²) >= 11 is 0. The molecule has 2 rings (SSSR count). The Morgan fingerprint density at radius 3 is 2.17 bits per heavy atom. The van der Waals surface area contributed by atoms with E-state index in [1.165, 1.54) is 0 Å². The van der Waals surface area contributed by atoms with Gasteiger partial charge in [-0.15, -0.1) is 0 Å². The molecule has 1 heterocycles. The first kappa shape index (κ1) is 7.08. The summed E-state index contributed by atoms with van der Waals surface area (Å²) in [6.45, 7) is 1.14. The van der Waals surface area contributed by atoms with E-state index in [0.29, 0.717) is 22.3 Å². The molecule has 0 aliphatic heterocycles. The second-order valence-electron chi connectivity index (χ2n) is 4.85. The topological polar surface area (TPSA) is 3.88 Å². The monoisotopic (exact) mass is 246 g/mol. The van der Waals surface area contributed by atoms with Crippen LogP contribution in [0.15, 0.2) is 24.4 Å². The maximum atomic E-state index is 7.62. The molecule has 0 bridgehead atoms. The molecule has 0 fully saturated rings. The van der Waals surface area contributed by atoms with Crippen molar-refractivity contribution in [2.75, 3.05) is 0 Å². The lowest BCUT2D eigenvalue weighted by molar-refractivity contribution is -0.660. The summed E-state index contributed by atoms with van der Waals surface area (Å²) in [6, 6.07) is 5.41. The number of aromatic nitrogens is 1. The van der Waals surface area contributed by atoms with Gasteiger partial charge in [-0.25, -0.2) is 4.57 Å². The Balaban J connectivity index is 2.66. The summed E-state index contributed by atoms with van der Waals surface area (Å²) in [4.78, 5) is 0. The van der Waals surface area contributed by atoms with Crippen LogP contribution in [0.3, 0.4) is 0 Å². The van der Waals surface area contributed by atoms with Crippen molar-refractivity contribution in [3.05, 3.63) is 52.2 Å². The van der Waals surface area contributed by atoms with E-state index < -0.39 is 13.7 Å². The Hall–Kier alpha value is -1.63. The third-order valence-electron chi connectivity index (χ3n) is 3.33. The third-order valence-corrected chi connectivity index (χ3v) is 3.33. The first-order valence-corrected chi connectivity index (χ1v) is 5.95. The molecule has 0 aliphatic carbocycles. The SMILES string of the molecule is [2H]C([2H])([2H])c1cc(C)c(-c2cc(C)c(C([2H])([2H])[2H])c[n+]2C)cc1C. The average molecular weight is 246 g/mol. The van der Waals surface area contributed by atoms with Gasteiger partial charge in [-0.1, -0.05) is 6.07 Å². The molecule has 94 valence electrons. The van der Waals surface area contributed by atoms with Crippen LogP contribution in [-0.4, -0.2) is 0 Å². The minimum atomic E-state index is -2.16. The Bertz CT molecular complexity index is 720. The molecule has 0 radical (unpaired) electrons. The molecule has 0 amide bonds. The lowest BCUT2D eigenvalue weighted by Crippen LogP contribution is -2.31. The van der Waals surface area contributed by atoms with Crippen molar-refractivity contribution in [3.63, 3.8) is 0 Å². The predicted molar refractivity (Wildman–Crippen MR) is 76.7 cm³/mol. The van der Waals surface area contributed by atoms with Gasteiger partial charge < -0.3 is 0 Å². The first-order valence-electron chi connectivity index (χ1n) is 8.95. The van der Waals surface area contributed by atoms with Crippen molar-refractivity contribution in [1.29, 1.82) is 0 Å². The largest absolute Gasteiger partial charge is 0.212 e. The van der Waals surface area contributed by atoms with Crippen LogP contribution in [0.4, 0.5) is 0 Å². The molecule has 1 heteroatoms. The van der Waals surface area contributed by atoms with E-state index >= 15 is 0 Å². The van der Waals surface area contributed by atoms with Crippen molar-refractivity contribution >= 4 is 0 Å². The van der Waals surface area contributed by atoms with Crippen molar-refractivity contribution < 1.29 is 12.8 Å². The molecule has 0 saturated carbocycles.